The first-order chi connectivity index (χ1) is 12.3. The molecule has 1 unspecified atom stereocenters. The maximum absolute atomic E-state index is 12.6. The van der Waals surface area contributed by atoms with Gasteiger partial charge in [0, 0.05) is 17.6 Å². The summed E-state index contributed by atoms with van der Waals surface area (Å²) in [5.41, 5.74) is 1.18. The highest BCUT2D eigenvalue weighted by molar-refractivity contribution is 7.89. The monoisotopic (exact) mass is 396 g/mol. The number of rotatable bonds is 7. The summed E-state index contributed by atoms with van der Waals surface area (Å²) in [6.45, 7) is 1.95. The number of halogens is 1. The molecule has 140 valence electrons. The van der Waals surface area contributed by atoms with Gasteiger partial charge in [0.2, 0.25) is 0 Å². The lowest BCUT2D eigenvalue weighted by Crippen LogP contribution is -2.29. The normalized spacial score (nSPS) is 12.8. The van der Waals surface area contributed by atoms with Crippen molar-refractivity contribution in [2.45, 2.75) is 24.3 Å². The molecule has 1 amide bonds. The number of hydroxylamine groups is 1. The van der Waals surface area contributed by atoms with Gasteiger partial charge in [-0.15, -0.1) is 0 Å². The summed E-state index contributed by atoms with van der Waals surface area (Å²) in [5, 5.41) is 3.54. The van der Waals surface area contributed by atoms with Crippen LogP contribution in [-0.4, -0.2) is 33.0 Å². The van der Waals surface area contributed by atoms with Gasteiger partial charge < -0.3 is 5.32 Å². The van der Waals surface area contributed by atoms with Gasteiger partial charge >= 0.3 is 0 Å². The fraction of sp³-hybridized carbons (Fsp3) is 0.278. The average Bonchev–Trinajstić information content (AvgIpc) is 2.66. The van der Waals surface area contributed by atoms with E-state index in [-0.39, 0.29) is 22.4 Å². The lowest BCUT2D eigenvalue weighted by molar-refractivity contribution is -0.0258. The minimum absolute atomic E-state index is 0.0194. The van der Waals surface area contributed by atoms with Crippen LogP contribution < -0.4 is 5.32 Å². The minimum Gasteiger partial charge on any atom is -0.345 e. The highest BCUT2D eigenvalue weighted by Crippen LogP contribution is 2.21. The Hall–Kier alpha value is -1.93. The van der Waals surface area contributed by atoms with Crippen molar-refractivity contribution in [1.82, 2.24) is 9.79 Å². The van der Waals surface area contributed by atoms with Gasteiger partial charge in [0.25, 0.3) is 15.9 Å². The van der Waals surface area contributed by atoms with Crippen molar-refractivity contribution in [1.29, 1.82) is 0 Å². The maximum atomic E-state index is 12.6. The molecule has 0 bridgehead atoms. The van der Waals surface area contributed by atoms with Gasteiger partial charge in [0.15, 0.2) is 0 Å². The zero-order valence-corrected chi connectivity index (χ0v) is 16.3. The molecule has 2 rings (SSSR count). The third-order valence-electron chi connectivity index (χ3n) is 3.98. The number of hydrogen-bond acceptors (Lipinski definition) is 4. The molecule has 26 heavy (non-hydrogen) atoms. The molecule has 0 radical (unpaired) electrons. The predicted octanol–water partition coefficient (Wildman–Crippen LogP) is 3.40. The largest absolute Gasteiger partial charge is 0.345 e. The summed E-state index contributed by atoms with van der Waals surface area (Å²) in [7, 11) is -1.28. The molecule has 0 fully saturated rings. The molecule has 8 heteroatoms. The van der Waals surface area contributed by atoms with Crippen LogP contribution in [0.5, 0.6) is 0 Å². The van der Waals surface area contributed by atoms with Gasteiger partial charge in [-0.1, -0.05) is 41.2 Å². The number of hydrogen-bond donors (Lipinski definition) is 1. The Balaban J connectivity index is 2.24. The average molecular weight is 397 g/mol. The highest BCUT2D eigenvalue weighted by atomic mass is 35.5. The van der Waals surface area contributed by atoms with Crippen LogP contribution in [0.15, 0.2) is 53.4 Å². The molecule has 0 heterocycles. The number of nitrogens with one attached hydrogen (secondary N) is 1. The predicted molar refractivity (Wildman–Crippen MR) is 100 cm³/mol. The Morgan fingerprint density at radius 3 is 2.46 bits per heavy atom. The van der Waals surface area contributed by atoms with Gasteiger partial charge in [0.1, 0.15) is 0 Å². The summed E-state index contributed by atoms with van der Waals surface area (Å²) < 4.78 is 25.4. The molecule has 6 nitrogen and oxygen atoms in total. The molecule has 2 aromatic rings. The second-order valence-corrected chi connectivity index (χ2v) is 7.98. The van der Waals surface area contributed by atoms with E-state index in [0.29, 0.717) is 11.4 Å². The van der Waals surface area contributed by atoms with Crippen LogP contribution in [0.3, 0.4) is 0 Å². The van der Waals surface area contributed by atoms with Crippen molar-refractivity contribution in [3.63, 3.8) is 0 Å². The van der Waals surface area contributed by atoms with E-state index in [0.717, 1.165) is 10.0 Å². The molecule has 0 spiro atoms. The molecule has 0 aromatic heterocycles. The van der Waals surface area contributed by atoms with Crippen LogP contribution >= 0.6 is 11.6 Å². The fourth-order valence-corrected chi connectivity index (χ4v) is 3.55. The Labute approximate surface area is 158 Å². The van der Waals surface area contributed by atoms with Crippen molar-refractivity contribution in [3.8, 4) is 0 Å². The molecule has 2 aromatic carbocycles. The second-order valence-electron chi connectivity index (χ2n) is 5.61. The number of carbonyl (C=O) groups is 1. The summed E-state index contributed by atoms with van der Waals surface area (Å²) >= 11 is 5.90. The number of benzene rings is 2. The van der Waals surface area contributed by atoms with E-state index < -0.39 is 10.0 Å². The highest BCUT2D eigenvalue weighted by Gasteiger charge is 2.22. The van der Waals surface area contributed by atoms with Crippen molar-refractivity contribution in [2.24, 2.45) is 0 Å². The topological polar surface area (TPSA) is 75.7 Å². The lowest BCUT2D eigenvalue weighted by Gasteiger charge is -2.18. The zero-order chi connectivity index (χ0) is 19.3. The van der Waals surface area contributed by atoms with Gasteiger partial charge in [-0.3, -0.25) is 9.63 Å². The standard InChI is InChI=1S/C18H21ClN2O4S/c1-4-17(13-8-10-15(19)11-9-13)20-18(22)14-6-5-7-16(12-14)26(23,24)21(2)25-3/h5-12,17H,4H2,1-3H3,(H,20,22). The van der Waals surface area contributed by atoms with Crippen LogP contribution in [0.25, 0.3) is 0 Å². The van der Waals surface area contributed by atoms with Crippen molar-refractivity contribution < 1.29 is 18.0 Å². The first-order valence-corrected chi connectivity index (χ1v) is 9.80. The summed E-state index contributed by atoms with van der Waals surface area (Å²) in [4.78, 5) is 17.3. The molecule has 0 aliphatic carbocycles. The van der Waals surface area contributed by atoms with Gasteiger partial charge in [-0.05, 0) is 42.3 Å². The summed E-state index contributed by atoms with van der Waals surface area (Å²) in [6.07, 6.45) is 0.678. The molecule has 0 saturated carbocycles. The summed E-state index contributed by atoms with van der Waals surface area (Å²) in [5.74, 6) is -0.357. The van der Waals surface area contributed by atoms with Crippen LogP contribution in [0.4, 0.5) is 0 Å². The van der Waals surface area contributed by atoms with E-state index in [4.69, 9.17) is 16.4 Å². The van der Waals surface area contributed by atoms with Gasteiger partial charge in [0.05, 0.1) is 18.0 Å². The molecule has 0 saturated heterocycles. The zero-order valence-electron chi connectivity index (χ0n) is 14.8. The summed E-state index contributed by atoms with van der Waals surface area (Å²) in [6, 6.07) is 12.9. The third kappa shape index (κ3) is 4.62. The van der Waals surface area contributed by atoms with Crippen molar-refractivity contribution in [2.75, 3.05) is 14.2 Å². The first kappa shape index (κ1) is 20.4. The molecule has 0 aliphatic heterocycles. The van der Waals surface area contributed by atoms with Crippen molar-refractivity contribution >= 4 is 27.5 Å². The third-order valence-corrected chi connectivity index (χ3v) is 5.90. The van der Waals surface area contributed by atoms with Crippen LogP contribution in [-0.2, 0) is 14.9 Å². The van der Waals surface area contributed by atoms with E-state index >= 15 is 0 Å². The second kappa shape index (κ2) is 8.64. The Bertz CT molecular complexity index is 869. The Morgan fingerprint density at radius 2 is 1.88 bits per heavy atom. The van der Waals surface area contributed by atoms with Crippen LogP contribution in [0.1, 0.15) is 35.3 Å². The quantitative estimate of drug-likeness (QED) is 0.728. The molecular weight excluding hydrogens is 376 g/mol. The van der Waals surface area contributed by atoms with E-state index in [9.17, 15) is 13.2 Å². The maximum Gasteiger partial charge on any atom is 0.264 e. The first-order valence-electron chi connectivity index (χ1n) is 7.99. The smallest absolute Gasteiger partial charge is 0.264 e. The number of sulfonamides is 1. The van der Waals surface area contributed by atoms with E-state index in [1.807, 2.05) is 19.1 Å². The van der Waals surface area contributed by atoms with Crippen LogP contribution in [0.2, 0.25) is 5.02 Å². The molecular formula is C18H21ClN2O4S. The molecule has 1 N–H and O–H groups in total. The molecule has 1 atom stereocenters. The van der Waals surface area contributed by atoms with E-state index in [2.05, 4.69) is 5.32 Å². The van der Waals surface area contributed by atoms with Gasteiger partial charge in [-0.2, -0.15) is 0 Å². The Morgan fingerprint density at radius 1 is 1.23 bits per heavy atom. The van der Waals surface area contributed by atoms with Crippen LogP contribution in [0, 0.1) is 0 Å². The minimum atomic E-state index is -3.82. The van der Waals surface area contributed by atoms with Gasteiger partial charge in [-0.25, -0.2) is 8.42 Å². The van der Waals surface area contributed by atoms with E-state index in [1.165, 1.54) is 32.4 Å². The number of amides is 1. The number of nitrogens with zero attached hydrogens (tertiary/aromatic N) is 1. The Kier molecular flexibility index (Phi) is 6.77. The fourth-order valence-electron chi connectivity index (χ4n) is 2.40. The lowest BCUT2D eigenvalue weighted by atomic mass is 10.0. The SMILES string of the molecule is CCC(NC(=O)c1cccc(S(=O)(=O)N(C)OC)c1)c1ccc(Cl)cc1. The van der Waals surface area contributed by atoms with Crippen molar-refractivity contribution in [3.05, 3.63) is 64.7 Å². The van der Waals surface area contributed by atoms with E-state index in [1.54, 1.807) is 18.2 Å². The molecule has 0 aliphatic rings. The number of carbonyl (C=O) groups excluding carboxylic acids is 1.